The lowest BCUT2D eigenvalue weighted by atomic mass is 10.2. The molecule has 0 radical (unpaired) electrons. The van der Waals surface area contributed by atoms with Crippen LogP contribution in [0.15, 0.2) is 29.2 Å². The zero-order chi connectivity index (χ0) is 13.4. The summed E-state index contributed by atoms with van der Waals surface area (Å²) >= 11 is 1.83. The quantitative estimate of drug-likeness (QED) is 0.747. The van der Waals surface area contributed by atoms with Gasteiger partial charge in [-0.1, -0.05) is 26.0 Å². The van der Waals surface area contributed by atoms with Gasteiger partial charge in [0.25, 0.3) is 0 Å². The molecule has 0 aliphatic heterocycles. The molecule has 0 aromatic heterocycles. The SMILES string of the molecule is CC(C)Sc1ccc(CNC(=O)CCCO)cc1. The lowest BCUT2D eigenvalue weighted by molar-refractivity contribution is -0.121. The van der Waals surface area contributed by atoms with Gasteiger partial charge in [0.05, 0.1) is 0 Å². The molecule has 1 amide bonds. The number of hydrogen-bond acceptors (Lipinski definition) is 3. The monoisotopic (exact) mass is 267 g/mol. The van der Waals surface area contributed by atoms with E-state index in [9.17, 15) is 4.79 Å². The first-order valence-electron chi connectivity index (χ1n) is 6.25. The predicted octanol–water partition coefficient (Wildman–Crippen LogP) is 2.58. The van der Waals surface area contributed by atoms with Crippen LogP contribution in [0, 0.1) is 0 Å². The molecule has 0 saturated heterocycles. The van der Waals surface area contributed by atoms with Crippen molar-refractivity contribution in [3.05, 3.63) is 29.8 Å². The Morgan fingerprint density at radius 2 is 2.00 bits per heavy atom. The number of aliphatic hydroxyl groups is 1. The van der Waals surface area contributed by atoms with Crippen LogP contribution in [0.1, 0.15) is 32.3 Å². The number of carbonyl (C=O) groups excluding carboxylic acids is 1. The minimum atomic E-state index is -0.00955. The highest BCUT2D eigenvalue weighted by molar-refractivity contribution is 7.99. The molecule has 1 aromatic rings. The largest absolute Gasteiger partial charge is 0.396 e. The van der Waals surface area contributed by atoms with Gasteiger partial charge in [-0.15, -0.1) is 11.8 Å². The van der Waals surface area contributed by atoms with Crippen LogP contribution >= 0.6 is 11.8 Å². The van der Waals surface area contributed by atoms with E-state index in [4.69, 9.17) is 5.11 Å². The summed E-state index contributed by atoms with van der Waals surface area (Å²) in [6.07, 6.45) is 0.910. The maximum atomic E-state index is 11.4. The number of carbonyl (C=O) groups is 1. The maximum Gasteiger partial charge on any atom is 0.220 e. The van der Waals surface area contributed by atoms with Crippen LogP contribution < -0.4 is 5.32 Å². The van der Waals surface area contributed by atoms with Gasteiger partial charge in [-0.05, 0) is 24.1 Å². The smallest absolute Gasteiger partial charge is 0.220 e. The molecule has 1 aromatic carbocycles. The van der Waals surface area contributed by atoms with Crippen LogP contribution in [0.25, 0.3) is 0 Å². The predicted molar refractivity (Wildman–Crippen MR) is 75.6 cm³/mol. The highest BCUT2D eigenvalue weighted by atomic mass is 32.2. The Bertz CT molecular complexity index is 363. The van der Waals surface area contributed by atoms with Gasteiger partial charge in [0.2, 0.25) is 5.91 Å². The first-order valence-corrected chi connectivity index (χ1v) is 7.13. The van der Waals surface area contributed by atoms with E-state index in [1.54, 1.807) is 0 Å². The Hall–Kier alpha value is -1.00. The summed E-state index contributed by atoms with van der Waals surface area (Å²) < 4.78 is 0. The van der Waals surface area contributed by atoms with Crippen molar-refractivity contribution < 1.29 is 9.90 Å². The molecule has 1 rings (SSSR count). The number of benzene rings is 1. The fourth-order valence-electron chi connectivity index (χ4n) is 1.49. The van der Waals surface area contributed by atoms with E-state index in [0.29, 0.717) is 24.6 Å². The van der Waals surface area contributed by atoms with Crippen molar-refractivity contribution in [2.75, 3.05) is 6.61 Å². The number of aliphatic hydroxyl groups excluding tert-OH is 1. The molecule has 2 N–H and O–H groups in total. The Labute approximate surface area is 113 Å². The van der Waals surface area contributed by atoms with Gasteiger partial charge in [-0.2, -0.15) is 0 Å². The molecule has 0 bridgehead atoms. The Balaban J connectivity index is 2.37. The van der Waals surface area contributed by atoms with E-state index in [1.807, 2.05) is 23.9 Å². The van der Waals surface area contributed by atoms with Crippen molar-refractivity contribution in [2.45, 2.75) is 43.4 Å². The highest BCUT2D eigenvalue weighted by Gasteiger charge is 2.02. The fourth-order valence-corrected chi connectivity index (χ4v) is 2.32. The first kappa shape index (κ1) is 15.1. The zero-order valence-electron chi connectivity index (χ0n) is 11.0. The standard InChI is InChI=1S/C14H21NO2S/c1-11(2)18-13-7-5-12(6-8-13)10-15-14(17)4-3-9-16/h5-8,11,16H,3-4,9-10H2,1-2H3,(H,15,17). The minimum absolute atomic E-state index is 0.00955. The van der Waals surface area contributed by atoms with Gasteiger partial charge in [0.1, 0.15) is 0 Å². The second-order valence-corrected chi connectivity index (χ2v) is 6.06. The topological polar surface area (TPSA) is 49.3 Å². The number of thioether (sulfide) groups is 1. The number of rotatable bonds is 7. The molecule has 0 fully saturated rings. The number of nitrogens with one attached hydrogen (secondary N) is 1. The molecule has 0 spiro atoms. The van der Waals surface area contributed by atoms with Crippen molar-refractivity contribution in [1.29, 1.82) is 0 Å². The van der Waals surface area contributed by atoms with Crippen LogP contribution in [0.4, 0.5) is 0 Å². The van der Waals surface area contributed by atoms with Gasteiger partial charge < -0.3 is 10.4 Å². The molecular weight excluding hydrogens is 246 g/mol. The van der Waals surface area contributed by atoms with Crippen molar-refractivity contribution in [1.82, 2.24) is 5.32 Å². The summed E-state index contributed by atoms with van der Waals surface area (Å²) in [7, 11) is 0. The van der Waals surface area contributed by atoms with Gasteiger partial charge in [0.15, 0.2) is 0 Å². The molecule has 0 heterocycles. The van der Waals surface area contributed by atoms with Gasteiger partial charge in [-0.25, -0.2) is 0 Å². The lowest BCUT2D eigenvalue weighted by Crippen LogP contribution is -2.22. The van der Waals surface area contributed by atoms with Gasteiger partial charge in [-0.3, -0.25) is 4.79 Å². The van der Waals surface area contributed by atoms with Gasteiger partial charge in [0, 0.05) is 29.7 Å². The van der Waals surface area contributed by atoms with Crippen LogP contribution in [-0.2, 0) is 11.3 Å². The average molecular weight is 267 g/mol. The van der Waals surface area contributed by atoms with Crippen LogP contribution in [-0.4, -0.2) is 22.9 Å². The molecule has 0 saturated carbocycles. The van der Waals surface area contributed by atoms with Crippen molar-refractivity contribution in [3.8, 4) is 0 Å². The maximum absolute atomic E-state index is 11.4. The summed E-state index contributed by atoms with van der Waals surface area (Å²) in [6.45, 7) is 4.95. The van der Waals surface area contributed by atoms with Gasteiger partial charge >= 0.3 is 0 Å². The van der Waals surface area contributed by atoms with E-state index >= 15 is 0 Å². The summed E-state index contributed by atoms with van der Waals surface area (Å²) in [6, 6.07) is 8.24. The van der Waals surface area contributed by atoms with E-state index < -0.39 is 0 Å². The molecule has 3 nitrogen and oxygen atoms in total. The van der Waals surface area contributed by atoms with Crippen molar-refractivity contribution >= 4 is 17.7 Å². The molecule has 18 heavy (non-hydrogen) atoms. The molecule has 0 atom stereocenters. The van der Waals surface area contributed by atoms with Crippen molar-refractivity contribution in [2.24, 2.45) is 0 Å². The second kappa shape index (κ2) is 8.16. The summed E-state index contributed by atoms with van der Waals surface area (Å²) in [4.78, 5) is 12.6. The molecule has 0 aliphatic rings. The Kier molecular flexibility index (Phi) is 6.83. The molecule has 0 unspecified atom stereocenters. The summed E-state index contributed by atoms with van der Waals surface area (Å²) in [5.41, 5.74) is 1.10. The van der Waals surface area contributed by atoms with Crippen LogP contribution in [0.3, 0.4) is 0 Å². The van der Waals surface area contributed by atoms with E-state index in [-0.39, 0.29) is 12.5 Å². The highest BCUT2D eigenvalue weighted by Crippen LogP contribution is 2.22. The van der Waals surface area contributed by atoms with Crippen LogP contribution in [0.5, 0.6) is 0 Å². The summed E-state index contributed by atoms with van der Waals surface area (Å²) in [5, 5.41) is 12.0. The normalized spacial score (nSPS) is 10.7. The average Bonchev–Trinajstić information content (AvgIpc) is 2.35. The Morgan fingerprint density at radius 3 is 2.56 bits per heavy atom. The van der Waals surface area contributed by atoms with E-state index in [1.165, 1.54) is 4.90 Å². The Morgan fingerprint density at radius 1 is 1.33 bits per heavy atom. The second-order valence-electron chi connectivity index (χ2n) is 4.41. The molecular formula is C14H21NO2S. The molecule has 0 aliphatic carbocycles. The first-order chi connectivity index (χ1) is 8.61. The lowest BCUT2D eigenvalue weighted by Gasteiger charge is -2.07. The molecule has 4 heteroatoms. The van der Waals surface area contributed by atoms with E-state index in [2.05, 4.69) is 31.3 Å². The van der Waals surface area contributed by atoms with Crippen LogP contribution in [0.2, 0.25) is 0 Å². The third-order valence-corrected chi connectivity index (χ3v) is 3.36. The summed E-state index contributed by atoms with van der Waals surface area (Å²) in [5.74, 6) is -0.00955. The third-order valence-electron chi connectivity index (χ3n) is 2.35. The minimum Gasteiger partial charge on any atom is -0.396 e. The number of amides is 1. The van der Waals surface area contributed by atoms with Crippen molar-refractivity contribution in [3.63, 3.8) is 0 Å². The fraction of sp³-hybridized carbons (Fsp3) is 0.500. The molecule has 100 valence electrons. The zero-order valence-corrected chi connectivity index (χ0v) is 11.8. The third kappa shape index (κ3) is 6.07. The van der Waals surface area contributed by atoms with E-state index in [0.717, 1.165) is 5.56 Å². The number of hydrogen-bond donors (Lipinski definition) is 2.